The fourth-order valence-corrected chi connectivity index (χ4v) is 5.37. The van der Waals surface area contributed by atoms with Crippen molar-refractivity contribution in [2.45, 2.75) is 25.6 Å². The van der Waals surface area contributed by atoms with E-state index in [1.807, 2.05) is 17.0 Å². The van der Waals surface area contributed by atoms with Gasteiger partial charge >= 0.3 is 6.18 Å². The third-order valence-corrected chi connectivity index (χ3v) is 7.17. The average molecular weight is 472 g/mol. The lowest BCUT2D eigenvalue weighted by atomic mass is 9.70. The van der Waals surface area contributed by atoms with Crippen molar-refractivity contribution in [3.63, 3.8) is 0 Å². The molecular weight excluding hydrogens is 443 g/mol. The molecule has 0 saturated carbocycles. The highest BCUT2D eigenvalue weighted by Crippen LogP contribution is 2.47. The molecule has 1 amide bonds. The molecule has 1 spiro atoms. The number of piperidine rings is 1. The van der Waals surface area contributed by atoms with Gasteiger partial charge in [-0.15, -0.1) is 0 Å². The van der Waals surface area contributed by atoms with Crippen LogP contribution in [-0.2, 0) is 17.5 Å². The number of hydrogen-bond acceptors (Lipinski definition) is 5. The maximum absolute atomic E-state index is 13.4. The number of anilines is 1. The number of hydrogen-bond donors (Lipinski definition) is 0. The van der Waals surface area contributed by atoms with Gasteiger partial charge in [-0.25, -0.2) is 0 Å². The van der Waals surface area contributed by atoms with E-state index in [1.165, 1.54) is 6.07 Å². The van der Waals surface area contributed by atoms with E-state index in [-0.39, 0.29) is 22.8 Å². The van der Waals surface area contributed by atoms with Gasteiger partial charge in [0, 0.05) is 64.9 Å². The minimum atomic E-state index is -4.58. The van der Waals surface area contributed by atoms with Crippen molar-refractivity contribution in [1.82, 2.24) is 14.8 Å². The lowest BCUT2D eigenvalue weighted by Crippen LogP contribution is -2.48. The minimum absolute atomic E-state index is 0.100. The molecule has 2 aliphatic heterocycles. The van der Waals surface area contributed by atoms with Gasteiger partial charge in [-0.1, -0.05) is 0 Å². The fraction of sp³-hybridized carbons (Fsp3) is 0.480. The topological polar surface area (TPSA) is 63.5 Å². The van der Waals surface area contributed by atoms with Crippen molar-refractivity contribution in [1.29, 1.82) is 5.26 Å². The number of likely N-dealkylation sites (tertiary alicyclic amines) is 1. The van der Waals surface area contributed by atoms with Gasteiger partial charge in [0.15, 0.2) is 0 Å². The normalized spacial score (nSPS) is 20.4. The smallest absolute Gasteiger partial charge is 0.371 e. The van der Waals surface area contributed by atoms with E-state index in [0.29, 0.717) is 38.2 Å². The first-order valence-electron chi connectivity index (χ1n) is 11.3. The quantitative estimate of drug-likeness (QED) is 0.679. The zero-order chi connectivity index (χ0) is 24.5. The Labute approximate surface area is 197 Å². The third-order valence-electron chi connectivity index (χ3n) is 7.17. The number of benzene rings is 1. The van der Waals surface area contributed by atoms with E-state index in [2.05, 4.69) is 9.88 Å². The van der Waals surface area contributed by atoms with Gasteiger partial charge in [-0.05, 0) is 54.2 Å². The Bertz CT molecular complexity index is 1070. The van der Waals surface area contributed by atoms with Crippen LogP contribution in [0.5, 0.6) is 0 Å². The Kier molecular flexibility index (Phi) is 6.54. The summed E-state index contributed by atoms with van der Waals surface area (Å²) in [5.41, 5.74) is 0.104. The predicted molar refractivity (Wildman–Crippen MR) is 122 cm³/mol. The molecule has 2 aliphatic rings. The van der Waals surface area contributed by atoms with Crippen LogP contribution in [-0.4, -0.2) is 61.0 Å². The Morgan fingerprint density at radius 1 is 1.21 bits per heavy atom. The first-order valence-corrected chi connectivity index (χ1v) is 11.3. The molecule has 4 rings (SSSR count). The number of amides is 1. The summed E-state index contributed by atoms with van der Waals surface area (Å²) >= 11 is 0. The molecule has 1 aromatic heterocycles. The molecule has 1 unspecified atom stereocenters. The van der Waals surface area contributed by atoms with Crippen LogP contribution in [0.3, 0.4) is 0 Å². The number of carbonyl (C=O) groups is 1. The molecule has 0 N–H and O–H groups in total. The number of nitriles is 1. The molecular formula is C25H28F3N5O. The Morgan fingerprint density at radius 2 is 1.88 bits per heavy atom. The number of aromatic nitrogens is 1. The summed E-state index contributed by atoms with van der Waals surface area (Å²) in [5.74, 6) is -0.0541. The van der Waals surface area contributed by atoms with Gasteiger partial charge in [0.05, 0.1) is 23.1 Å². The molecule has 2 aromatic rings. The third kappa shape index (κ3) is 4.73. The van der Waals surface area contributed by atoms with Crippen molar-refractivity contribution in [3.8, 4) is 6.07 Å². The summed E-state index contributed by atoms with van der Waals surface area (Å²) in [5, 5.41) is 9.07. The molecule has 2 saturated heterocycles. The Hall–Kier alpha value is -3.12. The monoisotopic (exact) mass is 471 g/mol. The number of alkyl halides is 3. The highest BCUT2D eigenvalue weighted by molar-refractivity contribution is 5.80. The van der Waals surface area contributed by atoms with Crippen molar-refractivity contribution in [2.24, 2.45) is 11.3 Å². The molecule has 6 nitrogen and oxygen atoms in total. The van der Waals surface area contributed by atoms with Gasteiger partial charge in [0.2, 0.25) is 5.91 Å². The van der Waals surface area contributed by atoms with E-state index in [9.17, 15) is 18.0 Å². The number of nitrogens with zero attached hydrogens (tertiary/aromatic N) is 5. The summed E-state index contributed by atoms with van der Waals surface area (Å²) in [7, 11) is 3.54. The van der Waals surface area contributed by atoms with Gasteiger partial charge in [-0.3, -0.25) is 14.7 Å². The summed E-state index contributed by atoms with van der Waals surface area (Å²) in [6.07, 6.45) is 0.362. The van der Waals surface area contributed by atoms with Crippen LogP contribution >= 0.6 is 0 Å². The Balaban J connectivity index is 1.53. The standard InChI is InChI=1S/C25H28F3N5O/c1-31(2)23(34)22-16-32(15-18-5-9-30-10-6-18)17-24(22)7-11-33(12-8-24)20-4-3-19(14-29)21(13-20)25(26,27)28/h3-6,9-10,13,22H,7-8,11-12,15-17H2,1-2H3. The number of halogens is 3. The molecule has 9 heteroatoms. The van der Waals surface area contributed by atoms with Crippen LogP contribution in [0.15, 0.2) is 42.7 Å². The number of pyridine rings is 1. The first-order chi connectivity index (χ1) is 16.1. The second kappa shape index (κ2) is 9.26. The second-order valence-corrected chi connectivity index (χ2v) is 9.50. The molecule has 0 radical (unpaired) electrons. The van der Waals surface area contributed by atoms with Crippen LogP contribution in [0.2, 0.25) is 0 Å². The largest absolute Gasteiger partial charge is 0.417 e. The molecule has 1 atom stereocenters. The van der Waals surface area contributed by atoms with Gasteiger partial charge in [-0.2, -0.15) is 18.4 Å². The van der Waals surface area contributed by atoms with Gasteiger partial charge in [0.25, 0.3) is 0 Å². The van der Waals surface area contributed by atoms with Crippen molar-refractivity contribution < 1.29 is 18.0 Å². The van der Waals surface area contributed by atoms with Crippen molar-refractivity contribution in [3.05, 3.63) is 59.4 Å². The summed E-state index contributed by atoms with van der Waals surface area (Å²) in [6, 6.07) is 9.48. The fourth-order valence-electron chi connectivity index (χ4n) is 5.37. The second-order valence-electron chi connectivity index (χ2n) is 9.50. The number of carbonyl (C=O) groups excluding carboxylic acids is 1. The average Bonchev–Trinajstić information content (AvgIpc) is 3.15. The highest BCUT2D eigenvalue weighted by Gasteiger charge is 2.51. The SMILES string of the molecule is CN(C)C(=O)C1CN(Cc2ccncc2)CC12CCN(c1ccc(C#N)c(C(F)(F)F)c1)CC2. The maximum atomic E-state index is 13.4. The van der Waals surface area contributed by atoms with E-state index in [4.69, 9.17) is 5.26 Å². The van der Waals surface area contributed by atoms with Gasteiger partial charge in [0.1, 0.15) is 0 Å². The number of rotatable bonds is 4. The minimum Gasteiger partial charge on any atom is -0.371 e. The Morgan fingerprint density at radius 3 is 2.47 bits per heavy atom. The molecule has 2 fully saturated rings. The lowest BCUT2D eigenvalue weighted by molar-refractivity contribution is -0.138. The maximum Gasteiger partial charge on any atom is 0.417 e. The molecule has 34 heavy (non-hydrogen) atoms. The van der Waals surface area contributed by atoms with Crippen LogP contribution in [0.4, 0.5) is 18.9 Å². The molecule has 0 aliphatic carbocycles. The zero-order valence-electron chi connectivity index (χ0n) is 19.3. The van der Waals surface area contributed by atoms with Crippen LogP contribution in [0.1, 0.15) is 29.5 Å². The molecule has 3 heterocycles. The zero-order valence-corrected chi connectivity index (χ0v) is 19.3. The molecule has 1 aromatic carbocycles. The van der Waals surface area contributed by atoms with Crippen LogP contribution in [0.25, 0.3) is 0 Å². The van der Waals surface area contributed by atoms with E-state index >= 15 is 0 Å². The molecule has 180 valence electrons. The molecule has 0 bridgehead atoms. The van der Waals surface area contributed by atoms with E-state index < -0.39 is 11.7 Å². The lowest BCUT2D eigenvalue weighted by Gasteiger charge is -2.43. The van der Waals surface area contributed by atoms with E-state index in [0.717, 1.165) is 24.7 Å². The summed E-state index contributed by atoms with van der Waals surface area (Å²) in [6.45, 7) is 3.28. The summed E-state index contributed by atoms with van der Waals surface area (Å²) in [4.78, 5) is 23.1. The van der Waals surface area contributed by atoms with Crippen molar-refractivity contribution >= 4 is 11.6 Å². The first kappa shape index (κ1) is 24.0. The summed E-state index contributed by atoms with van der Waals surface area (Å²) < 4.78 is 40.3. The van der Waals surface area contributed by atoms with E-state index in [1.54, 1.807) is 43.5 Å². The predicted octanol–water partition coefficient (Wildman–Crippen LogP) is 3.78. The van der Waals surface area contributed by atoms with Crippen LogP contribution < -0.4 is 4.90 Å². The van der Waals surface area contributed by atoms with Gasteiger partial charge < -0.3 is 9.80 Å². The van der Waals surface area contributed by atoms with Crippen molar-refractivity contribution in [2.75, 3.05) is 45.2 Å². The van der Waals surface area contributed by atoms with Crippen LogP contribution in [0, 0.1) is 22.7 Å². The highest BCUT2D eigenvalue weighted by atomic mass is 19.4.